The first-order chi connectivity index (χ1) is 13.4. The fourth-order valence-corrected chi connectivity index (χ4v) is 5.33. The van der Waals surface area contributed by atoms with E-state index in [0.29, 0.717) is 6.42 Å². The smallest absolute Gasteiger partial charge is 0.244 e. The second kappa shape index (κ2) is 7.08. The number of aryl methyl sites for hydroxylation is 2. The van der Waals surface area contributed by atoms with Gasteiger partial charge in [0, 0.05) is 24.8 Å². The lowest BCUT2D eigenvalue weighted by atomic mass is 9.69. The van der Waals surface area contributed by atoms with E-state index in [1.54, 1.807) is 11.7 Å². The minimum Gasteiger partial charge on any atom is -0.359 e. The predicted octanol–water partition coefficient (Wildman–Crippen LogP) is 2.24. The molecule has 0 unspecified atom stereocenters. The van der Waals surface area contributed by atoms with Crippen molar-refractivity contribution in [2.75, 3.05) is 7.05 Å². The van der Waals surface area contributed by atoms with Crippen LogP contribution in [0.25, 0.3) is 0 Å². The molecule has 1 N–H and O–H groups in total. The standard InChI is InChI=1S/C22H28N4O2/c1-15-11-16(2)25(24-15)14-20(27)26-18-9-10-19(26)22(13-18,21(28)23-3)12-17-7-5-4-6-8-17/h4-8,11,18-19H,9-10,12-14H2,1-3H3,(H,23,28)/t18-,19+,22+/m0/s1. The van der Waals surface area contributed by atoms with E-state index < -0.39 is 5.41 Å². The van der Waals surface area contributed by atoms with Gasteiger partial charge in [0.15, 0.2) is 0 Å². The Balaban J connectivity index is 1.61. The minimum absolute atomic E-state index is 0.0486. The molecule has 28 heavy (non-hydrogen) atoms. The fourth-order valence-electron chi connectivity index (χ4n) is 5.33. The van der Waals surface area contributed by atoms with E-state index >= 15 is 0 Å². The number of hydrogen-bond acceptors (Lipinski definition) is 3. The molecule has 148 valence electrons. The van der Waals surface area contributed by atoms with Crippen LogP contribution in [0.3, 0.4) is 0 Å². The van der Waals surface area contributed by atoms with Crippen molar-refractivity contribution in [3.8, 4) is 0 Å². The van der Waals surface area contributed by atoms with Gasteiger partial charge in [-0.25, -0.2) is 0 Å². The molecule has 2 aliphatic rings. The number of fused-ring (bicyclic) bond motifs is 2. The van der Waals surface area contributed by atoms with Crippen LogP contribution in [-0.2, 0) is 22.6 Å². The highest BCUT2D eigenvalue weighted by atomic mass is 16.2. The summed E-state index contributed by atoms with van der Waals surface area (Å²) < 4.78 is 1.77. The Morgan fingerprint density at radius 1 is 1.21 bits per heavy atom. The average molecular weight is 380 g/mol. The maximum atomic E-state index is 13.2. The largest absolute Gasteiger partial charge is 0.359 e. The lowest BCUT2D eigenvalue weighted by Crippen LogP contribution is -2.50. The summed E-state index contributed by atoms with van der Waals surface area (Å²) in [7, 11) is 1.70. The summed E-state index contributed by atoms with van der Waals surface area (Å²) in [6, 6.07) is 12.2. The number of hydrogen-bond donors (Lipinski definition) is 1. The third-order valence-corrected chi connectivity index (χ3v) is 6.46. The van der Waals surface area contributed by atoms with Gasteiger partial charge in [0.25, 0.3) is 0 Å². The number of carbonyl (C=O) groups is 2. The Morgan fingerprint density at radius 3 is 2.61 bits per heavy atom. The van der Waals surface area contributed by atoms with Crippen LogP contribution >= 0.6 is 0 Å². The summed E-state index contributed by atoms with van der Waals surface area (Å²) in [5.41, 5.74) is 2.49. The Hall–Kier alpha value is -2.63. The number of benzene rings is 1. The summed E-state index contributed by atoms with van der Waals surface area (Å²) in [5, 5.41) is 7.32. The van der Waals surface area contributed by atoms with E-state index in [1.807, 2.05) is 43.0 Å². The van der Waals surface area contributed by atoms with Gasteiger partial charge in [0.1, 0.15) is 6.54 Å². The van der Waals surface area contributed by atoms with Crippen LogP contribution in [0.2, 0.25) is 0 Å². The second-order valence-electron chi connectivity index (χ2n) is 8.23. The highest BCUT2D eigenvalue weighted by Crippen LogP contribution is 2.51. The van der Waals surface area contributed by atoms with Crippen molar-refractivity contribution >= 4 is 11.8 Å². The lowest BCUT2D eigenvalue weighted by molar-refractivity contribution is -0.137. The molecule has 2 aliphatic heterocycles. The predicted molar refractivity (Wildman–Crippen MR) is 107 cm³/mol. The molecule has 3 heterocycles. The molecule has 2 amide bonds. The molecule has 2 aromatic rings. The molecule has 6 heteroatoms. The molecule has 1 aromatic carbocycles. The summed E-state index contributed by atoms with van der Waals surface area (Å²) in [6.07, 6.45) is 3.25. The van der Waals surface area contributed by atoms with Crippen molar-refractivity contribution in [3.63, 3.8) is 0 Å². The Morgan fingerprint density at radius 2 is 1.96 bits per heavy atom. The molecule has 0 radical (unpaired) electrons. The lowest BCUT2D eigenvalue weighted by Gasteiger charge is -2.36. The summed E-state index contributed by atoms with van der Waals surface area (Å²) in [6.45, 7) is 4.14. The third-order valence-electron chi connectivity index (χ3n) is 6.46. The van der Waals surface area contributed by atoms with Gasteiger partial charge >= 0.3 is 0 Å². The van der Waals surface area contributed by atoms with Crippen molar-refractivity contribution in [1.82, 2.24) is 20.0 Å². The first kappa shape index (κ1) is 18.7. The van der Waals surface area contributed by atoms with E-state index in [4.69, 9.17) is 0 Å². The topological polar surface area (TPSA) is 67.2 Å². The van der Waals surface area contributed by atoms with Crippen LogP contribution < -0.4 is 5.32 Å². The van der Waals surface area contributed by atoms with Crippen molar-refractivity contribution in [1.29, 1.82) is 0 Å². The van der Waals surface area contributed by atoms with E-state index in [-0.39, 0.29) is 30.4 Å². The average Bonchev–Trinajstić information content (AvgIpc) is 3.33. The van der Waals surface area contributed by atoms with Crippen LogP contribution in [0, 0.1) is 19.3 Å². The van der Waals surface area contributed by atoms with Crippen molar-refractivity contribution in [3.05, 3.63) is 53.3 Å². The number of amides is 2. The van der Waals surface area contributed by atoms with Gasteiger partial charge < -0.3 is 10.2 Å². The highest BCUT2D eigenvalue weighted by molar-refractivity contribution is 5.87. The molecule has 0 saturated carbocycles. The molecule has 2 bridgehead atoms. The van der Waals surface area contributed by atoms with Gasteiger partial charge in [-0.05, 0) is 51.2 Å². The molecule has 1 aromatic heterocycles. The molecule has 4 rings (SSSR count). The number of nitrogens with zero attached hydrogens (tertiary/aromatic N) is 3. The fraction of sp³-hybridized carbons (Fsp3) is 0.500. The maximum Gasteiger partial charge on any atom is 0.244 e. The molecule has 2 saturated heterocycles. The zero-order chi connectivity index (χ0) is 19.9. The number of carbonyl (C=O) groups excluding carboxylic acids is 2. The van der Waals surface area contributed by atoms with Crippen LogP contribution in [0.1, 0.15) is 36.2 Å². The zero-order valence-electron chi connectivity index (χ0n) is 16.8. The first-order valence-corrected chi connectivity index (χ1v) is 10.0. The van der Waals surface area contributed by atoms with Gasteiger partial charge in [-0.1, -0.05) is 30.3 Å². The first-order valence-electron chi connectivity index (χ1n) is 10.0. The molecule has 0 aliphatic carbocycles. The molecular weight excluding hydrogens is 352 g/mol. The Bertz CT molecular complexity index is 891. The van der Waals surface area contributed by atoms with E-state index in [2.05, 4.69) is 22.5 Å². The van der Waals surface area contributed by atoms with E-state index in [1.165, 1.54) is 0 Å². The van der Waals surface area contributed by atoms with Crippen LogP contribution in [0.15, 0.2) is 36.4 Å². The van der Waals surface area contributed by atoms with Crippen molar-refractivity contribution in [2.24, 2.45) is 5.41 Å². The SMILES string of the molecule is CNC(=O)[C@]1(Cc2ccccc2)C[C@@H]2CC[C@H]1N2C(=O)Cn1nc(C)cc1C. The monoisotopic (exact) mass is 380 g/mol. The highest BCUT2D eigenvalue weighted by Gasteiger charge is 2.60. The maximum absolute atomic E-state index is 13.2. The van der Waals surface area contributed by atoms with Crippen molar-refractivity contribution in [2.45, 2.75) is 58.2 Å². The van der Waals surface area contributed by atoms with Gasteiger partial charge in [0.05, 0.1) is 11.1 Å². The molecule has 6 nitrogen and oxygen atoms in total. The normalized spacial score (nSPS) is 25.9. The Kier molecular flexibility index (Phi) is 4.73. The van der Waals surface area contributed by atoms with Gasteiger partial charge in [-0.15, -0.1) is 0 Å². The molecule has 2 fully saturated rings. The molecule has 3 atom stereocenters. The van der Waals surface area contributed by atoms with Gasteiger partial charge in [-0.3, -0.25) is 14.3 Å². The van der Waals surface area contributed by atoms with E-state index in [0.717, 1.165) is 36.2 Å². The second-order valence-corrected chi connectivity index (χ2v) is 8.23. The summed E-state index contributed by atoms with van der Waals surface area (Å²) >= 11 is 0. The third kappa shape index (κ3) is 3.01. The number of aromatic nitrogens is 2. The number of nitrogens with one attached hydrogen (secondary N) is 1. The number of rotatable bonds is 5. The van der Waals surface area contributed by atoms with Crippen LogP contribution in [0.5, 0.6) is 0 Å². The zero-order valence-corrected chi connectivity index (χ0v) is 16.8. The Labute approximate surface area is 165 Å². The summed E-state index contributed by atoms with van der Waals surface area (Å²) in [5.74, 6) is 0.116. The summed E-state index contributed by atoms with van der Waals surface area (Å²) in [4.78, 5) is 28.3. The van der Waals surface area contributed by atoms with E-state index in [9.17, 15) is 9.59 Å². The van der Waals surface area contributed by atoms with Crippen LogP contribution in [0.4, 0.5) is 0 Å². The van der Waals surface area contributed by atoms with Crippen molar-refractivity contribution < 1.29 is 9.59 Å². The van der Waals surface area contributed by atoms with Gasteiger partial charge in [0.2, 0.25) is 11.8 Å². The molecule has 0 spiro atoms. The van der Waals surface area contributed by atoms with Gasteiger partial charge in [-0.2, -0.15) is 5.10 Å². The van der Waals surface area contributed by atoms with Crippen LogP contribution in [-0.4, -0.2) is 45.6 Å². The quantitative estimate of drug-likeness (QED) is 0.865. The molecular formula is C22H28N4O2. The minimum atomic E-state index is -0.552.